The van der Waals surface area contributed by atoms with Crippen LogP contribution in [0.15, 0.2) is 34.6 Å². The summed E-state index contributed by atoms with van der Waals surface area (Å²) in [5.74, 6) is -1.30. The second kappa shape index (κ2) is 6.25. The number of aliphatic hydroxyl groups is 1. The third-order valence-electron chi connectivity index (χ3n) is 1.91. The van der Waals surface area contributed by atoms with E-state index < -0.39 is 23.5 Å². The van der Waals surface area contributed by atoms with Gasteiger partial charge in [0.05, 0.1) is 17.2 Å². The molecule has 0 fully saturated rings. The molecular formula is C9H10N4O5. The van der Waals surface area contributed by atoms with E-state index in [4.69, 9.17) is 10.2 Å². The highest BCUT2D eigenvalue weighted by Gasteiger charge is 2.14. The van der Waals surface area contributed by atoms with Crippen LogP contribution in [-0.4, -0.2) is 33.8 Å². The number of rotatable bonds is 6. The molecule has 0 spiro atoms. The van der Waals surface area contributed by atoms with Crippen molar-refractivity contribution in [3.8, 4) is 0 Å². The highest BCUT2D eigenvalue weighted by molar-refractivity contribution is 5.73. The van der Waals surface area contributed by atoms with E-state index >= 15 is 0 Å². The van der Waals surface area contributed by atoms with Crippen molar-refractivity contribution in [3.63, 3.8) is 0 Å². The van der Waals surface area contributed by atoms with E-state index in [1.807, 2.05) is 0 Å². The normalized spacial score (nSPS) is 12.3. The monoisotopic (exact) mass is 254 g/mol. The topological polar surface area (TPSA) is 137 Å². The summed E-state index contributed by atoms with van der Waals surface area (Å²) < 4.78 is 0. The zero-order chi connectivity index (χ0) is 13.5. The van der Waals surface area contributed by atoms with Crippen LogP contribution in [0.1, 0.15) is 0 Å². The maximum Gasteiger partial charge on any atom is 0.332 e. The van der Waals surface area contributed by atoms with Gasteiger partial charge in [0, 0.05) is 12.1 Å². The fourth-order valence-electron chi connectivity index (χ4n) is 0.978. The summed E-state index contributed by atoms with van der Waals surface area (Å²) in [6.07, 6.45) is 0. The second-order valence-corrected chi connectivity index (χ2v) is 3.17. The molecule has 18 heavy (non-hydrogen) atoms. The fraction of sp³-hybridized carbons (Fsp3) is 0.222. The fourth-order valence-corrected chi connectivity index (χ4v) is 0.978. The molecule has 0 aromatic heterocycles. The quantitative estimate of drug-likeness (QED) is 0.390. The Kier molecular flexibility index (Phi) is 4.69. The van der Waals surface area contributed by atoms with Gasteiger partial charge in [-0.1, -0.05) is 5.22 Å². The number of aliphatic hydroxyl groups excluding tert-OH is 1. The minimum absolute atomic E-state index is 0.0729. The summed E-state index contributed by atoms with van der Waals surface area (Å²) in [4.78, 5) is 20.3. The van der Waals surface area contributed by atoms with Gasteiger partial charge < -0.3 is 10.2 Å². The lowest BCUT2D eigenvalue weighted by Crippen LogP contribution is -2.21. The van der Waals surface area contributed by atoms with Gasteiger partial charge in [0.1, 0.15) is 0 Å². The first-order chi connectivity index (χ1) is 8.54. The highest BCUT2D eigenvalue weighted by atomic mass is 16.6. The van der Waals surface area contributed by atoms with E-state index in [1.165, 1.54) is 24.3 Å². The molecule has 0 radical (unpaired) electrons. The molecule has 1 aromatic rings. The molecule has 0 heterocycles. The number of nitro benzene ring substituents is 1. The standard InChI is InChI=1S/C9H10N4O5/c14-5-8(9(15)16)11-12-10-6-1-3-7(4-2-6)13(17)18/h1-4,8,14H,5H2,(H,10,11)(H,15,16)/t8-/m0/s1. The van der Waals surface area contributed by atoms with Gasteiger partial charge in [0.2, 0.25) is 0 Å². The van der Waals surface area contributed by atoms with Crippen molar-refractivity contribution < 1.29 is 19.9 Å². The summed E-state index contributed by atoms with van der Waals surface area (Å²) in [7, 11) is 0. The number of anilines is 1. The van der Waals surface area contributed by atoms with Gasteiger partial charge in [0.25, 0.3) is 5.69 Å². The average Bonchev–Trinajstić information content (AvgIpc) is 2.34. The second-order valence-electron chi connectivity index (χ2n) is 3.17. The van der Waals surface area contributed by atoms with E-state index in [9.17, 15) is 14.9 Å². The Balaban J connectivity index is 2.60. The average molecular weight is 254 g/mol. The molecule has 96 valence electrons. The molecule has 0 saturated heterocycles. The number of hydrogen-bond acceptors (Lipinski definition) is 6. The van der Waals surface area contributed by atoms with Gasteiger partial charge in [-0.15, -0.1) is 0 Å². The maximum absolute atomic E-state index is 10.5. The van der Waals surface area contributed by atoms with Gasteiger partial charge in [-0.05, 0) is 12.1 Å². The first-order valence-corrected chi connectivity index (χ1v) is 4.78. The summed E-state index contributed by atoms with van der Waals surface area (Å²) in [5.41, 5.74) is 2.73. The Morgan fingerprint density at radius 2 is 2.06 bits per heavy atom. The largest absolute Gasteiger partial charge is 0.480 e. The first kappa shape index (κ1) is 13.5. The molecule has 9 nitrogen and oxygen atoms in total. The van der Waals surface area contributed by atoms with Gasteiger partial charge >= 0.3 is 5.97 Å². The number of carbonyl (C=O) groups is 1. The smallest absolute Gasteiger partial charge is 0.332 e. The first-order valence-electron chi connectivity index (χ1n) is 4.78. The number of hydrogen-bond donors (Lipinski definition) is 3. The molecule has 0 unspecified atom stereocenters. The van der Waals surface area contributed by atoms with Crippen LogP contribution in [0.2, 0.25) is 0 Å². The molecule has 1 aromatic carbocycles. The molecule has 0 bridgehead atoms. The van der Waals surface area contributed by atoms with E-state index in [0.717, 1.165) is 0 Å². The summed E-state index contributed by atoms with van der Waals surface area (Å²) >= 11 is 0. The summed E-state index contributed by atoms with van der Waals surface area (Å²) in [6.45, 7) is -0.666. The number of nitrogens with one attached hydrogen (secondary N) is 1. The predicted molar refractivity (Wildman–Crippen MR) is 60.1 cm³/mol. The van der Waals surface area contributed by atoms with Gasteiger partial charge in [-0.2, -0.15) is 5.11 Å². The molecule has 1 rings (SSSR count). The Bertz CT molecular complexity index is 459. The zero-order valence-electron chi connectivity index (χ0n) is 9.05. The minimum Gasteiger partial charge on any atom is -0.480 e. The Hall–Kier alpha value is -2.55. The van der Waals surface area contributed by atoms with Crippen molar-refractivity contribution in [1.82, 2.24) is 0 Å². The van der Waals surface area contributed by atoms with Crippen LogP contribution in [0.5, 0.6) is 0 Å². The molecule has 9 heteroatoms. The number of carboxylic acids is 1. The highest BCUT2D eigenvalue weighted by Crippen LogP contribution is 2.15. The van der Waals surface area contributed by atoms with Crippen LogP contribution in [0, 0.1) is 10.1 Å². The van der Waals surface area contributed by atoms with E-state index in [-0.39, 0.29) is 5.69 Å². The number of nitro groups is 1. The van der Waals surface area contributed by atoms with Crippen LogP contribution >= 0.6 is 0 Å². The molecule has 3 N–H and O–H groups in total. The number of nitrogens with zero attached hydrogens (tertiary/aromatic N) is 3. The summed E-state index contributed by atoms with van der Waals surface area (Å²) in [6, 6.07) is 3.98. The Morgan fingerprint density at radius 3 is 2.50 bits per heavy atom. The van der Waals surface area contributed by atoms with Crippen molar-refractivity contribution in [2.75, 3.05) is 12.0 Å². The molecule has 1 atom stereocenters. The van der Waals surface area contributed by atoms with Crippen molar-refractivity contribution >= 4 is 17.3 Å². The van der Waals surface area contributed by atoms with E-state index in [0.29, 0.717) is 5.69 Å². The maximum atomic E-state index is 10.5. The van der Waals surface area contributed by atoms with Gasteiger partial charge in [0.15, 0.2) is 6.04 Å². The SMILES string of the molecule is O=C(O)[C@H](CO)N=NNc1ccc([N+](=O)[O-])cc1. The number of carboxylic acid groups (broad SMARTS) is 1. The lowest BCUT2D eigenvalue weighted by molar-refractivity contribution is -0.384. The summed E-state index contributed by atoms with van der Waals surface area (Å²) in [5, 5.41) is 34.3. The van der Waals surface area contributed by atoms with Gasteiger partial charge in [-0.25, -0.2) is 4.79 Å². The van der Waals surface area contributed by atoms with Gasteiger partial charge in [-0.3, -0.25) is 15.5 Å². The molecule has 0 saturated carbocycles. The lowest BCUT2D eigenvalue weighted by atomic mass is 10.3. The lowest BCUT2D eigenvalue weighted by Gasteiger charge is -2.01. The minimum atomic E-state index is -1.34. The van der Waals surface area contributed by atoms with Crippen molar-refractivity contribution in [2.24, 2.45) is 10.3 Å². The third kappa shape index (κ3) is 3.79. The number of aliphatic carboxylic acids is 1. The third-order valence-corrected chi connectivity index (χ3v) is 1.91. The van der Waals surface area contributed by atoms with Crippen LogP contribution < -0.4 is 5.43 Å². The molecule has 0 aliphatic rings. The predicted octanol–water partition coefficient (Wildman–Crippen LogP) is 0.819. The van der Waals surface area contributed by atoms with E-state index in [1.54, 1.807) is 0 Å². The van der Waals surface area contributed by atoms with Crippen molar-refractivity contribution in [2.45, 2.75) is 6.04 Å². The Labute approximate surface area is 101 Å². The number of benzene rings is 1. The van der Waals surface area contributed by atoms with Crippen molar-refractivity contribution in [3.05, 3.63) is 34.4 Å². The van der Waals surface area contributed by atoms with Crippen LogP contribution in [0.3, 0.4) is 0 Å². The van der Waals surface area contributed by atoms with Crippen LogP contribution in [-0.2, 0) is 4.79 Å². The zero-order valence-corrected chi connectivity index (χ0v) is 9.05. The molecule has 0 amide bonds. The molecule has 0 aliphatic carbocycles. The van der Waals surface area contributed by atoms with E-state index in [2.05, 4.69) is 15.8 Å². The molecule has 0 aliphatic heterocycles. The van der Waals surface area contributed by atoms with Crippen LogP contribution in [0.25, 0.3) is 0 Å². The van der Waals surface area contributed by atoms with Crippen LogP contribution in [0.4, 0.5) is 11.4 Å². The molecular weight excluding hydrogens is 244 g/mol. The van der Waals surface area contributed by atoms with Crippen molar-refractivity contribution in [1.29, 1.82) is 0 Å². The Morgan fingerprint density at radius 1 is 1.44 bits per heavy atom. The number of non-ortho nitro benzene ring substituents is 1.